The molecule has 0 fully saturated rings. The van der Waals surface area contributed by atoms with Crippen LogP contribution in [0.4, 0.5) is 0 Å². The minimum atomic E-state index is -0.0463. The van der Waals surface area contributed by atoms with Gasteiger partial charge in [-0.2, -0.15) is 0 Å². The summed E-state index contributed by atoms with van der Waals surface area (Å²) in [6, 6.07) is 10.1. The molecule has 0 spiro atoms. The first kappa shape index (κ1) is 22.4. The molecule has 2 N–H and O–H groups in total. The van der Waals surface area contributed by atoms with Gasteiger partial charge in [-0.15, -0.1) is 35.3 Å². The third-order valence-corrected chi connectivity index (χ3v) is 4.45. The highest BCUT2D eigenvalue weighted by Crippen LogP contribution is 2.09. The fraction of sp³-hybridized carbons (Fsp3) is 0.389. The zero-order chi connectivity index (χ0) is 18.1. The second kappa shape index (κ2) is 11.8. The van der Waals surface area contributed by atoms with E-state index in [9.17, 15) is 4.79 Å². The molecule has 0 radical (unpaired) electrons. The number of hydrogen-bond acceptors (Lipinski definition) is 4. The molecule has 1 aromatic carbocycles. The Labute approximate surface area is 176 Å². The van der Waals surface area contributed by atoms with E-state index in [-0.39, 0.29) is 36.4 Å². The number of aromatic nitrogens is 1. The van der Waals surface area contributed by atoms with Crippen LogP contribution < -0.4 is 10.6 Å². The van der Waals surface area contributed by atoms with E-state index < -0.39 is 0 Å². The third kappa shape index (κ3) is 7.69. The molecule has 0 saturated carbocycles. The Morgan fingerprint density at radius 1 is 1.27 bits per heavy atom. The first-order valence-electron chi connectivity index (χ1n) is 8.22. The molecule has 26 heavy (non-hydrogen) atoms. The SMILES string of the molecule is CN=C(NCC(=O)NCCc1ccccc1)N(C)Cc1csc(C)n1.I. The Hall–Kier alpha value is -1.68. The fourth-order valence-electron chi connectivity index (χ4n) is 2.40. The highest BCUT2D eigenvalue weighted by Gasteiger charge is 2.10. The molecule has 0 unspecified atom stereocenters. The van der Waals surface area contributed by atoms with Gasteiger partial charge in [-0.25, -0.2) is 4.98 Å². The van der Waals surface area contributed by atoms with Gasteiger partial charge in [0.15, 0.2) is 5.96 Å². The van der Waals surface area contributed by atoms with E-state index in [1.54, 1.807) is 18.4 Å². The van der Waals surface area contributed by atoms with E-state index in [0.29, 0.717) is 19.0 Å². The van der Waals surface area contributed by atoms with E-state index in [4.69, 9.17) is 0 Å². The van der Waals surface area contributed by atoms with Gasteiger partial charge < -0.3 is 15.5 Å². The molecule has 0 aliphatic carbocycles. The molecule has 6 nitrogen and oxygen atoms in total. The number of amides is 1. The van der Waals surface area contributed by atoms with Crippen molar-refractivity contribution < 1.29 is 4.79 Å². The van der Waals surface area contributed by atoms with Crippen LogP contribution in [0.15, 0.2) is 40.7 Å². The van der Waals surface area contributed by atoms with Crippen LogP contribution in [0.2, 0.25) is 0 Å². The van der Waals surface area contributed by atoms with Crippen molar-refractivity contribution in [1.29, 1.82) is 0 Å². The van der Waals surface area contributed by atoms with Crippen LogP contribution in [0.25, 0.3) is 0 Å². The van der Waals surface area contributed by atoms with Gasteiger partial charge in [-0.3, -0.25) is 9.79 Å². The minimum absolute atomic E-state index is 0. The summed E-state index contributed by atoms with van der Waals surface area (Å²) in [5.74, 6) is 0.624. The maximum atomic E-state index is 12.0. The zero-order valence-corrected chi connectivity index (χ0v) is 18.5. The molecule has 0 aliphatic rings. The summed E-state index contributed by atoms with van der Waals surface area (Å²) in [5, 5.41) is 9.08. The predicted molar refractivity (Wildman–Crippen MR) is 118 cm³/mol. The van der Waals surface area contributed by atoms with Crippen LogP contribution in [0.5, 0.6) is 0 Å². The van der Waals surface area contributed by atoms with Crippen molar-refractivity contribution in [1.82, 2.24) is 20.5 Å². The van der Waals surface area contributed by atoms with Crippen LogP contribution in [-0.4, -0.2) is 48.9 Å². The van der Waals surface area contributed by atoms with Crippen LogP contribution >= 0.6 is 35.3 Å². The molecule has 0 aliphatic heterocycles. The number of nitrogens with zero attached hydrogens (tertiary/aromatic N) is 3. The number of aliphatic imine (C=N–C) groups is 1. The normalized spacial score (nSPS) is 10.8. The topological polar surface area (TPSA) is 69.6 Å². The van der Waals surface area contributed by atoms with Crippen LogP contribution in [0.1, 0.15) is 16.3 Å². The summed E-state index contributed by atoms with van der Waals surface area (Å²) in [6.45, 7) is 3.46. The Morgan fingerprint density at radius 3 is 2.62 bits per heavy atom. The molecule has 8 heteroatoms. The molecule has 1 heterocycles. The smallest absolute Gasteiger partial charge is 0.239 e. The lowest BCUT2D eigenvalue weighted by atomic mass is 10.1. The quantitative estimate of drug-likeness (QED) is 0.358. The maximum absolute atomic E-state index is 12.0. The first-order valence-corrected chi connectivity index (χ1v) is 9.10. The van der Waals surface area contributed by atoms with E-state index >= 15 is 0 Å². The number of hydrogen-bond donors (Lipinski definition) is 2. The minimum Gasteiger partial charge on any atom is -0.354 e. The van der Waals surface area contributed by atoms with Gasteiger partial charge in [-0.05, 0) is 18.9 Å². The first-order chi connectivity index (χ1) is 12.1. The lowest BCUT2D eigenvalue weighted by Crippen LogP contribution is -2.44. The molecule has 2 rings (SSSR count). The van der Waals surface area contributed by atoms with Crippen molar-refractivity contribution in [3.05, 3.63) is 52.0 Å². The molecular weight excluding hydrogens is 461 g/mol. The number of guanidine groups is 1. The van der Waals surface area contributed by atoms with Crippen molar-refractivity contribution in [3.63, 3.8) is 0 Å². The highest BCUT2D eigenvalue weighted by atomic mass is 127. The van der Waals surface area contributed by atoms with Crippen molar-refractivity contribution in [2.24, 2.45) is 4.99 Å². The molecule has 1 aromatic heterocycles. The highest BCUT2D eigenvalue weighted by molar-refractivity contribution is 14.0. The molecule has 2 aromatic rings. The second-order valence-electron chi connectivity index (χ2n) is 5.70. The van der Waals surface area contributed by atoms with Gasteiger partial charge in [-0.1, -0.05) is 30.3 Å². The summed E-state index contributed by atoms with van der Waals surface area (Å²) in [6.07, 6.45) is 0.824. The number of halogens is 1. The predicted octanol–water partition coefficient (Wildman–Crippen LogP) is 2.44. The van der Waals surface area contributed by atoms with Crippen LogP contribution in [0, 0.1) is 6.92 Å². The van der Waals surface area contributed by atoms with E-state index in [1.165, 1.54) is 5.56 Å². The molecule has 142 valence electrons. The number of aryl methyl sites for hydroxylation is 1. The molecular formula is C18H26IN5OS. The molecule has 0 saturated heterocycles. The van der Waals surface area contributed by atoms with Gasteiger partial charge in [0.2, 0.25) is 5.91 Å². The molecule has 0 atom stereocenters. The summed E-state index contributed by atoms with van der Waals surface area (Å²) in [5.41, 5.74) is 2.21. The zero-order valence-electron chi connectivity index (χ0n) is 15.4. The summed E-state index contributed by atoms with van der Waals surface area (Å²) < 4.78 is 0. The number of benzene rings is 1. The monoisotopic (exact) mass is 487 g/mol. The van der Waals surface area contributed by atoms with Crippen molar-refractivity contribution >= 4 is 47.2 Å². The maximum Gasteiger partial charge on any atom is 0.239 e. The lowest BCUT2D eigenvalue weighted by Gasteiger charge is -2.21. The van der Waals surface area contributed by atoms with E-state index in [0.717, 1.165) is 17.1 Å². The average Bonchev–Trinajstić information content (AvgIpc) is 3.01. The van der Waals surface area contributed by atoms with Gasteiger partial charge in [0.25, 0.3) is 0 Å². The fourth-order valence-corrected chi connectivity index (χ4v) is 3.00. The summed E-state index contributed by atoms with van der Waals surface area (Å²) >= 11 is 1.63. The number of carbonyl (C=O) groups excluding carboxylic acids is 1. The summed E-state index contributed by atoms with van der Waals surface area (Å²) in [4.78, 5) is 22.6. The Bertz CT molecular complexity index is 705. The number of thiazole rings is 1. The third-order valence-electron chi connectivity index (χ3n) is 3.62. The number of rotatable bonds is 7. The number of carbonyl (C=O) groups is 1. The van der Waals surface area contributed by atoms with Gasteiger partial charge in [0, 0.05) is 26.0 Å². The van der Waals surface area contributed by atoms with E-state index in [1.807, 2.05) is 42.5 Å². The Balaban J connectivity index is 0.00000338. The Morgan fingerprint density at radius 2 is 2.00 bits per heavy atom. The van der Waals surface area contributed by atoms with Gasteiger partial charge in [0.1, 0.15) is 0 Å². The Kier molecular flexibility index (Phi) is 10.2. The summed E-state index contributed by atoms with van der Waals surface area (Å²) in [7, 11) is 3.63. The van der Waals surface area contributed by atoms with Crippen molar-refractivity contribution in [2.45, 2.75) is 19.9 Å². The van der Waals surface area contributed by atoms with Crippen LogP contribution in [-0.2, 0) is 17.8 Å². The van der Waals surface area contributed by atoms with E-state index in [2.05, 4.69) is 32.7 Å². The molecule has 0 bridgehead atoms. The largest absolute Gasteiger partial charge is 0.354 e. The van der Waals surface area contributed by atoms with Gasteiger partial charge in [0.05, 0.1) is 23.8 Å². The molecule has 1 amide bonds. The van der Waals surface area contributed by atoms with Crippen molar-refractivity contribution in [3.8, 4) is 0 Å². The van der Waals surface area contributed by atoms with Crippen LogP contribution in [0.3, 0.4) is 0 Å². The standard InChI is InChI=1S/C18H25N5OS.HI/c1-14-22-16(13-25-14)12-23(3)18(19-2)21-11-17(24)20-10-9-15-7-5-4-6-8-15;/h4-8,13H,9-12H2,1-3H3,(H,19,21)(H,20,24);1H. The lowest BCUT2D eigenvalue weighted by molar-refractivity contribution is -0.120. The number of nitrogens with one attached hydrogen (secondary N) is 2. The van der Waals surface area contributed by atoms with Gasteiger partial charge >= 0.3 is 0 Å². The van der Waals surface area contributed by atoms with Crippen molar-refractivity contribution in [2.75, 3.05) is 27.2 Å². The second-order valence-corrected chi connectivity index (χ2v) is 6.76. The average molecular weight is 487 g/mol.